The van der Waals surface area contributed by atoms with E-state index < -0.39 is 0 Å². The van der Waals surface area contributed by atoms with Gasteiger partial charge in [0.25, 0.3) is 0 Å². The summed E-state index contributed by atoms with van der Waals surface area (Å²) >= 11 is 0. The molecule has 0 spiro atoms. The van der Waals surface area contributed by atoms with Crippen molar-refractivity contribution in [3.05, 3.63) is 58.7 Å². The predicted octanol–water partition coefficient (Wildman–Crippen LogP) is 2.49. The van der Waals surface area contributed by atoms with Crippen molar-refractivity contribution in [1.82, 2.24) is 0 Å². The second-order valence-corrected chi connectivity index (χ2v) is 7.75. The number of carbonyl (C=O) groups excluding carboxylic acids is 1. The van der Waals surface area contributed by atoms with Gasteiger partial charge in [-0.3, -0.25) is 4.79 Å². The highest BCUT2D eigenvalue weighted by Crippen LogP contribution is 2.34. The Hall–Kier alpha value is -3.25. The number of hydrogen-bond acceptors (Lipinski definition) is 5. The molecule has 6 nitrogen and oxygen atoms in total. The van der Waals surface area contributed by atoms with E-state index in [2.05, 4.69) is 6.92 Å². The summed E-state index contributed by atoms with van der Waals surface area (Å²) in [6.07, 6.45) is 5.03. The van der Waals surface area contributed by atoms with Crippen LogP contribution in [0.1, 0.15) is 24.5 Å². The van der Waals surface area contributed by atoms with E-state index in [0.717, 1.165) is 71.3 Å². The largest absolute Gasteiger partial charge is 0.454 e. The van der Waals surface area contributed by atoms with Gasteiger partial charge in [-0.15, -0.1) is 0 Å². The highest BCUT2D eigenvalue weighted by molar-refractivity contribution is 6.14. The molecule has 3 aliphatic rings. The molecule has 3 aliphatic heterocycles. The summed E-state index contributed by atoms with van der Waals surface area (Å²) in [5, 5.41) is 0. The number of piperidine rings is 1. The molecule has 30 heavy (non-hydrogen) atoms. The van der Waals surface area contributed by atoms with E-state index in [0.29, 0.717) is 0 Å². The molecule has 6 heteroatoms. The number of rotatable bonds is 4. The Labute approximate surface area is 175 Å². The minimum absolute atomic E-state index is 0.102. The molecule has 2 aromatic carbocycles. The fourth-order valence-electron chi connectivity index (χ4n) is 4.14. The van der Waals surface area contributed by atoms with Crippen LogP contribution < -0.4 is 23.8 Å². The molecule has 5 rings (SSSR count). The van der Waals surface area contributed by atoms with Crippen molar-refractivity contribution in [2.24, 2.45) is 0 Å². The van der Waals surface area contributed by atoms with Crippen LogP contribution >= 0.6 is 0 Å². The molecule has 2 aromatic rings. The molecule has 1 N–H and O–H groups in total. The Morgan fingerprint density at radius 2 is 1.30 bits per heavy atom. The number of ketones is 1. The van der Waals surface area contributed by atoms with Gasteiger partial charge in [-0.2, -0.15) is 0 Å². The fourth-order valence-corrected chi connectivity index (χ4v) is 4.14. The average molecular weight is 406 g/mol. The Morgan fingerprint density at radius 1 is 0.800 bits per heavy atom. The van der Waals surface area contributed by atoms with Crippen LogP contribution in [-0.4, -0.2) is 39.0 Å². The van der Waals surface area contributed by atoms with Crippen LogP contribution in [0.15, 0.2) is 47.5 Å². The van der Waals surface area contributed by atoms with E-state index in [1.54, 1.807) is 0 Å². The van der Waals surface area contributed by atoms with Gasteiger partial charge in [-0.05, 0) is 54.0 Å². The maximum atomic E-state index is 13.3. The van der Waals surface area contributed by atoms with Gasteiger partial charge in [0.15, 0.2) is 28.8 Å². The van der Waals surface area contributed by atoms with Gasteiger partial charge >= 0.3 is 0 Å². The highest BCUT2D eigenvalue weighted by atomic mass is 16.7. The molecule has 154 valence electrons. The molecule has 0 saturated carbocycles. The zero-order valence-electron chi connectivity index (χ0n) is 16.9. The average Bonchev–Trinajstić information content (AvgIpc) is 3.40. The first kappa shape index (κ1) is 18.8. The number of hydrogen-bond donors (Lipinski definition) is 1. The van der Waals surface area contributed by atoms with Gasteiger partial charge in [-0.25, -0.2) is 0 Å². The van der Waals surface area contributed by atoms with E-state index in [1.807, 2.05) is 48.6 Å². The zero-order valence-corrected chi connectivity index (χ0v) is 16.9. The lowest BCUT2D eigenvalue weighted by molar-refractivity contribution is -0.891. The summed E-state index contributed by atoms with van der Waals surface area (Å²) in [6.45, 7) is 5.12. The molecule has 0 bridgehead atoms. The van der Waals surface area contributed by atoms with Crippen molar-refractivity contribution in [2.45, 2.75) is 13.3 Å². The smallest absolute Gasteiger partial charge is 0.231 e. The number of fused-ring (bicyclic) bond motifs is 2. The first-order chi connectivity index (χ1) is 14.7. The molecule has 1 fully saturated rings. The highest BCUT2D eigenvalue weighted by Gasteiger charge is 2.29. The topological polar surface area (TPSA) is 58.4 Å². The zero-order chi connectivity index (χ0) is 20.5. The van der Waals surface area contributed by atoms with E-state index >= 15 is 0 Å². The summed E-state index contributed by atoms with van der Waals surface area (Å²) in [4.78, 5) is 14.7. The Bertz CT molecular complexity index is 976. The van der Waals surface area contributed by atoms with Crippen molar-refractivity contribution >= 4 is 17.9 Å². The molecule has 3 heterocycles. The van der Waals surface area contributed by atoms with Crippen LogP contribution in [0.2, 0.25) is 0 Å². The van der Waals surface area contributed by atoms with Crippen molar-refractivity contribution in [1.29, 1.82) is 0 Å². The minimum atomic E-state index is 0.102. The summed E-state index contributed by atoms with van der Waals surface area (Å²) in [5.74, 6) is 3.04. The SMILES string of the molecule is CCC[NH+]1CC(=Cc2ccc3c(c2)OCO3)C(=O)/C(=C/c2ccc3c(c2)OCO3)C1. The van der Waals surface area contributed by atoms with Gasteiger partial charge in [0, 0.05) is 0 Å². The summed E-state index contributed by atoms with van der Waals surface area (Å²) in [5.41, 5.74) is 3.52. The quantitative estimate of drug-likeness (QED) is 0.791. The minimum Gasteiger partial charge on any atom is -0.454 e. The normalized spacial score (nSPS) is 22.2. The molecular formula is C24H24NO5+. The summed E-state index contributed by atoms with van der Waals surface area (Å²) < 4.78 is 21.7. The summed E-state index contributed by atoms with van der Waals surface area (Å²) in [7, 11) is 0. The van der Waals surface area contributed by atoms with E-state index in [4.69, 9.17) is 18.9 Å². The fraction of sp³-hybridized carbons (Fsp3) is 0.292. The van der Waals surface area contributed by atoms with Crippen LogP contribution in [0.25, 0.3) is 12.2 Å². The lowest BCUT2D eigenvalue weighted by Crippen LogP contribution is -3.13. The third-order valence-corrected chi connectivity index (χ3v) is 5.54. The lowest BCUT2D eigenvalue weighted by atomic mass is 9.94. The molecule has 1 saturated heterocycles. The van der Waals surface area contributed by atoms with Crippen LogP contribution in [-0.2, 0) is 4.79 Å². The maximum Gasteiger partial charge on any atom is 0.231 e. The number of ether oxygens (including phenoxy) is 4. The van der Waals surface area contributed by atoms with E-state index in [-0.39, 0.29) is 19.4 Å². The van der Waals surface area contributed by atoms with Crippen LogP contribution in [0, 0.1) is 0 Å². The first-order valence-electron chi connectivity index (χ1n) is 10.3. The van der Waals surface area contributed by atoms with Crippen molar-refractivity contribution in [3.8, 4) is 23.0 Å². The predicted molar refractivity (Wildman–Crippen MR) is 112 cm³/mol. The van der Waals surface area contributed by atoms with Gasteiger partial charge in [0.2, 0.25) is 13.6 Å². The lowest BCUT2D eigenvalue weighted by Gasteiger charge is -2.26. The number of benzene rings is 2. The molecule has 0 amide bonds. The summed E-state index contributed by atoms with van der Waals surface area (Å²) in [6, 6.07) is 11.6. The van der Waals surface area contributed by atoms with Gasteiger partial charge < -0.3 is 23.8 Å². The van der Waals surface area contributed by atoms with Crippen LogP contribution in [0.3, 0.4) is 0 Å². The molecule has 0 aromatic heterocycles. The van der Waals surface area contributed by atoms with Gasteiger partial charge in [0.1, 0.15) is 13.1 Å². The Balaban J connectivity index is 1.46. The molecule has 0 radical (unpaired) electrons. The third kappa shape index (κ3) is 3.66. The Morgan fingerprint density at radius 3 is 1.80 bits per heavy atom. The van der Waals surface area contributed by atoms with Crippen LogP contribution in [0.5, 0.6) is 23.0 Å². The number of carbonyl (C=O) groups is 1. The number of nitrogens with one attached hydrogen (secondary N) is 1. The van der Waals surface area contributed by atoms with E-state index in [9.17, 15) is 4.79 Å². The molecule has 0 aliphatic carbocycles. The molecular weight excluding hydrogens is 382 g/mol. The number of likely N-dealkylation sites (tertiary alicyclic amines) is 1. The monoisotopic (exact) mass is 406 g/mol. The van der Waals surface area contributed by atoms with Crippen molar-refractivity contribution < 1.29 is 28.6 Å². The standard InChI is InChI=1S/C24H23NO5/c1-2-7-25-12-18(8-16-3-5-20-22(10-16)29-14-27-20)24(26)19(13-25)9-17-4-6-21-23(11-17)30-15-28-21/h3-6,8-11H,2,7,12-15H2,1H3/p+1/b18-8+,19-9?. The third-order valence-electron chi connectivity index (χ3n) is 5.54. The van der Waals surface area contributed by atoms with Crippen molar-refractivity contribution in [3.63, 3.8) is 0 Å². The van der Waals surface area contributed by atoms with E-state index in [1.165, 1.54) is 4.90 Å². The Kier molecular flexibility index (Phi) is 4.93. The molecule has 1 atom stereocenters. The number of Topliss-reactive ketones (excluding diaryl/α,β-unsaturated/α-hetero) is 1. The first-order valence-corrected chi connectivity index (χ1v) is 10.3. The second-order valence-electron chi connectivity index (χ2n) is 7.75. The van der Waals surface area contributed by atoms with Gasteiger partial charge in [-0.1, -0.05) is 19.1 Å². The molecule has 1 unspecified atom stereocenters. The number of quaternary nitrogens is 1. The van der Waals surface area contributed by atoms with Gasteiger partial charge in [0.05, 0.1) is 17.7 Å². The van der Waals surface area contributed by atoms with Crippen LogP contribution in [0.4, 0.5) is 0 Å². The maximum absolute atomic E-state index is 13.3. The second kappa shape index (κ2) is 7.88. The van der Waals surface area contributed by atoms with Crippen molar-refractivity contribution in [2.75, 3.05) is 33.2 Å².